The molecule has 3 aliphatic rings. The van der Waals surface area contributed by atoms with Crippen LogP contribution in [0.25, 0.3) is 0 Å². The van der Waals surface area contributed by atoms with Crippen LogP contribution in [0.4, 0.5) is 8.78 Å². The van der Waals surface area contributed by atoms with Gasteiger partial charge in [0.2, 0.25) is 10.0 Å². The number of ether oxygens (including phenoxy) is 2. The van der Waals surface area contributed by atoms with Gasteiger partial charge >= 0.3 is 5.97 Å². The standard InChI is InChI=1S/C31H30ClF2NO8S2/c1-42-20-6-2-18(3-7-20)16-35-27-12-13-31(44(38,39)21-8-4-19(32)5-9-21)24(17-43-30-26(34)11-10-25(33)29(30)31)23(27)14-22(15-28(36)37)45(35,40)41/h2-11,22-24,27H,12-17H2,1H3,(H,36,37)/t22-,23-,24-,27+,31-/m0/s1. The zero-order chi connectivity index (χ0) is 32.3. The third-order valence-corrected chi connectivity index (χ3v) is 14.5. The molecule has 14 heteroatoms. The molecule has 0 radical (unpaired) electrons. The van der Waals surface area contributed by atoms with Crippen LogP contribution in [0.3, 0.4) is 0 Å². The number of fused-ring (bicyclic) bond motifs is 5. The van der Waals surface area contributed by atoms with Crippen molar-refractivity contribution < 1.29 is 45.0 Å². The number of halogens is 3. The Hall–Kier alpha value is -3.26. The second kappa shape index (κ2) is 11.5. The van der Waals surface area contributed by atoms with E-state index in [1.165, 1.54) is 35.7 Å². The quantitative estimate of drug-likeness (QED) is 0.362. The van der Waals surface area contributed by atoms with Gasteiger partial charge in [0.1, 0.15) is 16.3 Å². The zero-order valence-electron chi connectivity index (χ0n) is 24.0. The van der Waals surface area contributed by atoms with Crippen LogP contribution in [0, 0.1) is 23.5 Å². The molecule has 3 aromatic carbocycles. The molecule has 45 heavy (non-hydrogen) atoms. The van der Waals surface area contributed by atoms with Crippen LogP contribution in [-0.4, -0.2) is 57.2 Å². The van der Waals surface area contributed by atoms with Gasteiger partial charge in [-0.1, -0.05) is 23.7 Å². The van der Waals surface area contributed by atoms with Gasteiger partial charge in [0.15, 0.2) is 21.4 Å². The Bertz CT molecular complexity index is 1860. The first-order chi connectivity index (χ1) is 21.3. The summed E-state index contributed by atoms with van der Waals surface area (Å²) < 4.78 is 98.7. The third kappa shape index (κ3) is 5.08. The Morgan fingerprint density at radius 2 is 1.76 bits per heavy atom. The summed E-state index contributed by atoms with van der Waals surface area (Å²) in [4.78, 5) is 11.7. The highest BCUT2D eigenvalue weighted by Gasteiger charge is 2.65. The molecule has 1 aliphatic carbocycles. The van der Waals surface area contributed by atoms with Crippen molar-refractivity contribution in [2.75, 3.05) is 13.7 Å². The van der Waals surface area contributed by atoms with Gasteiger partial charge in [-0.15, -0.1) is 0 Å². The maximum absolute atomic E-state index is 15.9. The first kappa shape index (κ1) is 31.7. The normalized spacial score (nSPS) is 27.4. The van der Waals surface area contributed by atoms with Crippen LogP contribution in [0.1, 0.15) is 36.8 Å². The molecule has 1 saturated heterocycles. The van der Waals surface area contributed by atoms with Gasteiger partial charge in [-0.25, -0.2) is 25.6 Å². The molecule has 0 bridgehead atoms. The van der Waals surface area contributed by atoms with E-state index in [0.717, 1.165) is 12.1 Å². The van der Waals surface area contributed by atoms with Gasteiger partial charge in [0.05, 0.1) is 35.8 Å². The van der Waals surface area contributed by atoms with Gasteiger partial charge in [-0.05, 0) is 79.3 Å². The fraction of sp³-hybridized carbons (Fsp3) is 0.387. The Morgan fingerprint density at radius 3 is 2.40 bits per heavy atom. The lowest BCUT2D eigenvalue weighted by atomic mass is 9.64. The molecule has 0 amide bonds. The van der Waals surface area contributed by atoms with Gasteiger partial charge in [0.25, 0.3) is 0 Å². The van der Waals surface area contributed by atoms with E-state index in [4.69, 9.17) is 21.1 Å². The minimum absolute atomic E-state index is 0.0153. The van der Waals surface area contributed by atoms with Crippen molar-refractivity contribution in [3.05, 3.63) is 88.4 Å². The van der Waals surface area contributed by atoms with Gasteiger partial charge in [-0.2, -0.15) is 4.31 Å². The first-order valence-corrected chi connectivity index (χ1v) is 17.6. The summed E-state index contributed by atoms with van der Waals surface area (Å²) in [6.45, 7) is -0.453. The minimum Gasteiger partial charge on any atom is -0.497 e. The Balaban J connectivity index is 1.53. The molecule has 2 heterocycles. The molecule has 3 aromatic rings. The molecule has 9 nitrogen and oxygen atoms in total. The number of nitrogens with zero attached hydrogens (tertiary/aromatic N) is 1. The topological polar surface area (TPSA) is 127 Å². The number of hydrogen-bond acceptors (Lipinski definition) is 7. The predicted molar refractivity (Wildman–Crippen MR) is 160 cm³/mol. The maximum Gasteiger partial charge on any atom is 0.304 e. The van der Waals surface area contributed by atoms with Crippen molar-refractivity contribution >= 4 is 37.4 Å². The molecule has 1 N–H and O–H groups in total. The van der Waals surface area contributed by atoms with E-state index in [2.05, 4.69) is 0 Å². The van der Waals surface area contributed by atoms with E-state index >= 15 is 8.78 Å². The van der Waals surface area contributed by atoms with E-state index in [-0.39, 0.29) is 42.3 Å². The maximum atomic E-state index is 15.9. The molecule has 2 aliphatic heterocycles. The SMILES string of the molecule is COc1ccc(CN2[C@@H]3CC[C@@]4(S(=O)(=O)c5ccc(Cl)cc5)c5c(F)ccc(F)c5OC[C@H]4[C@@H]3C[C@@H](CC(=O)O)S2(=O)=O)cc1. The largest absolute Gasteiger partial charge is 0.497 e. The van der Waals surface area contributed by atoms with Crippen LogP contribution in [0.2, 0.25) is 5.02 Å². The number of carbonyl (C=O) groups is 1. The van der Waals surface area contributed by atoms with Crippen molar-refractivity contribution in [3.8, 4) is 11.5 Å². The fourth-order valence-electron chi connectivity index (χ4n) is 7.46. The summed E-state index contributed by atoms with van der Waals surface area (Å²) in [6, 6.07) is 13.1. The van der Waals surface area contributed by atoms with Crippen LogP contribution >= 0.6 is 11.6 Å². The van der Waals surface area contributed by atoms with Gasteiger partial charge in [0, 0.05) is 23.5 Å². The third-order valence-electron chi connectivity index (χ3n) is 9.47. The van der Waals surface area contributed by atoms with E-state index in [1.54, 1.807) is 24.3 Å². The highest BCUT2D eigenvalue weighted by atomic mass is 35.5. The van der Waals surface area contributed by atoms with Crippen molar-refractivity contribution in [2.45, 2.75) is 53.2 Å². The summed E-state index contributed by atoms with van der Waals surface area (Å²) in [5.74, 6) is -4.98. The van der Waals surface area contributed by atoms with Crippen molar-refractivity contribution in [1.29, 1.82) is 0 Å². The summed E-state index contributed by atoms with van der Waals surface area (Å²) in [5.41, 5.74) is 0.176. The molecule has 6 rings (SSSR count). The summed E-state index contributed by atoms with van der Waals surface area (Å²) in [6.07, 6.45) is -1.16. The highest BCUT2D eigenvalue weighted by Crippen LogP contribution is 2.61. The number of hydrogen-bond donors (Lipinski definition) is 1. The van der Waals surface area contributed by atoms with E-state index in [0.29, 0.717) is 11.3 Å². The molecule has 0 aromatic heterocycles. The lowest BCUT2D eigenvalue weighted by molar-refractivity contribution is -0.137. The van der Waals surface area contributed by atoms with Gasteiger partial charge < -0.3 is 14.6 Å². The summed E-state index contributed by atoms with van der Waals surface area (Å²) >= 11 is 6.04. The molecular weight excluding hydrogens is 652 g/mol. The molecule has 5 atom stereocenters. The molecular formula is C31H30ClF2NO8S2. The van der Waals surface area contributed by atoms with Crippen molar-refractivity contribution in [1.82, 2.24) is 4.31 Å². The van der Waals surface area contributed by atoms with Crippen molar-refractivity contribution in [3.63, 3.8) is 0 Å². The number of carboxylic acid groups (broad SMARTS) is 1. The number of carboxylic acids is 1. The molecule has 1 saturated carbocycles. The monoisotopic (exact) mass is 681 g/mol. The molecule has 0 spiro atoms. The summed E-state index contributed by atoms with van der Waals surface area (Å²) in [7, 11) is -7.19. The van der Waals surface area contributed by atoms with Crippen LogP contribution in [0.5, 0.6) is 11.5 Å². The lowest BCUT2D eigenvalue weighted by Gasteiger charge is -2.57. The smallest absolute Gasteiger partial charge is 0.304 e. The van der Waals surface area contributed by atoms with E-state index < -0.39 is 83.1 Å². The average molecular weight is 682 g/mol. The number of benzene rings is 3. The summed E-state index contributed by atoms with van der Waals surface area (Å²) in [5, 5.41) is 8.58. The number of aliphatic carboxylic acids is 1. The van der Waals surface area contributed by atoms with Crippen molar-refractivity contribution in [2.24, 2.45) is 11.8 Å². The Morgan fingerprint density at radius 1 is 1.09 bits per heavy atom. The predicted octanol–water partition coefficient (Wildman–Crippen LogP) is 5.16. The minimum atomic E-state index is -4.50. The molecule has 0 unspecified atom stereocenters. The number of sulfonamides is 1. The van der Waals surface area contributed by atoms with Crippen LogP contribution in [0.15, 0.2) is 65.6 Å². The molecule has 2 fully saturated rings. The number of methoxy groups -OCH3 is 1. The van der Waals surface area contributed by atoms with Crippen LogP contribution in [-0.2, 0) is 35.9 Å². The fourth-order valence-corrected chi connectivity index (χ4v) is 12.2. The highest BCUT2D eigenvalue weighted by molar-refractivity contribution is 7.92. The number of rotatable bonds is 7. The first-order valence-electron chi connectivity index (χ1n) is 14.3. The second-order valence-electron chi connectivity index (χ2n) is 11.7. The molecule has 240 valence electrons. The zero-order valence-corrected chi connectivity index (χ0v) is 26.4. The lowest BCUT2D eigenvalue weighted by Crippen LogP contribution is -2.64. The van der Waals surface area contributed by atoms with Gasteiger partial charge in [-0.3, -0.25) is 4.79 Å². The van der Waals surface area contributed by atoms with E-state index in [1.807, 2.05) is 0 Å². The Labute approximate surface area is 264 Å². The van der Waals surface area contributed by atoms with Crippen LogP contribution < -0.4 is 9.47 Å². The van der Waals surface area contributed by atoms with E-state index in [9.17, 15) is 26.7 Å². The number of sulfone groups is 1. The average Bonchev–Trinajstić information content (AvgIpc) is 3.00. The Kier molecular flexibility index (Phi) is 8.12. The second-order valence-corrected chi connectivity index (χ2v) is 16.5.